The summed E-state index contributed by atoms with van der Waals surface area (Å²) in [6.07, 6.45) is 5.19. The van der Waals surface area contributed by atoms with Crippen LogP contribution in [0.5, 0.6) is 0 Å². The standard InChI is InChI=1S/C22H26O4S/c1-16-12-17(2)22(18(3)13-16)27(23,24)25-15-21-11-7-10-20(26-21)14-19-8-5-4-6-9-19/h4-9,11-13,20-21H,10,14-15H2,1-3H3/t20-,21+/m0/s1. The van der Waals surface area contributed by atoms with Crippen molar-refractivity contribution in [3.63, 3.8) is 0 Å². The summed E-state index contributed by atoms with van der Waals surface area (Å²) in [4.78, 5) is 0.258. The molecule has 2 aromatic rings. The van der Waals surface area contributed by atoms with E-state index in [9.17, 15) is 8.42 Å². The van der Waals surface area contributed by atoms with Gasteiger partial charge in [0.1, 0.15) is 6.10 Å². The predicted octanol–water partition coefficient (Wildman–Crippen LogP) is 4.27. The van der Waals surface area contributed by atoms with E-state index in [1.54, 1.807) is 13.8 Å². The first-order chi connectivity index (χ1) is 12.8. The van der Waals surface area contributed by atoms with E-state index in [4.69, 9.17) is 8.92 Å². The van der Waals surface area contributed by atoms with Crippen LogP contribution in [0.1, 0.15) is 28.7 Å². The van der Waals surface area contributed by atoms with Gasteiger partial charge in [-0.2, -0.15) is 8.42 Å². The van der Waals surface area contributed by atoms with Crippen LogP contribution >= 0.6 is 0 Å². The molecule has 0 bridgehead atoms. The molecule has 0 N–H and O–H groups in total. The molecule has 0 aliphatic carbocycles. The van der Waals surface area contributed by atoms with Gasteiger partial charge in [-0.15, -0.1) is 0 Å². The fourth-order valence-corrected chi connectivity index (χ4v) is 4.95. The van der Waals surface area contributed by atoms with Gasteiger partial charge in [0.15, 0.2) is 0 Å². The first kappa shape index (κ1) is 19.8. The van der Waals surface area contributed by atoms with Gasteiger partial charge in [-0.05, 0) is 50.3 Å². The van der Waals surface area contributed by atoms with Gasteiger partial charge in [0.2, 0.25) is 0 Å². The SMILES string of the molecule is Cc1cc(C)c(S(=O)(=O)OC[C@H]2C=CC[C@@H](Cc3ccccc3)O2)c(C)c1. The van der Waals surface area contributed by atoms with Crippen molar-refractivity contribution in [2.24, 2.45) is 0 Å². The summed E-state index contributed by atoms with van der Waals surface area (Å²) in [5, 5.41) is 0. The van der Waals surface area contributed by atoms with E-state index in [0.29, 0.717) is 11.1 Å². The van der Waals surface area contributed by atoms with Crippen LogP contribution in [0.4, 0.5) is 0 Å². The zero-order valence-electron chi connectivity index (χ0n) is 16.0. The molecular weight excluding hydrogens is 360 g/mol. The maximum absolute atomic E-state index is 12.7. The molecular formula is C22H26O4S. The smallest absolute Gasteiger partial charge is 0.297 e. The van der Waals surface area contributed by atoms with E-state index in [2.05, 4.69) is 12.1 Å². The normalized spacial score (nSPS) is 20.0. The molecule has 0 radical (unpaired) electrons. The fraction of sp³-hybridized carbons (Fsp3) is 0.364. The molecule has 2 aromatic carbocycles. The van der Waals surface area contributed by atoms with Crippen LogP contribution in [0.2, 0.25) is 0 Å². The number of hydrogen-bond donors (Lipinski definition) is 0. The predicted molar refractivity (Wildman–Crippen MR) is 106 cm³/mol. The van der Waals surface area contributed by atoms with Crippen LogP contribution in [0.25, 0.3) is 0 Å². The summed E-state index contributed by atoms with van der Waals surface area (Å²) in [7, 11) is -3.83. The number of benzene rings is 2. The third kappa shape index (κ3) is 5.06. The average molecular weight is 387 g/mol. The first-order valence-corrected chi connectivity index (χ1v) is 10.6. The second-order valence-corrected chi connectivity index (χ2v) is 8.67. The highest BCUT2D eigenvalue weighted by molar-refractivity contribution is 7.86. The van der Waals surface area contributed by atoms with Gasteiger partial charge in [-0.1, -0.05) is 60.2 Å². The van der Waals surface area contributed by atoms with E-state index in [0.717, 1.165) is 18.4 Å². The number of ether oxygens (including phenoxy) is 1. The second-order valence-electron chi connectivity index (χ2n) is 7.12. The highest BCUT2D eigenvalue weighted by Crippen LogP contribution is 2.25. The van der Waals surface area contributed by atoms with E-state index in [1.807, 2.05) is 49.4 Å². The Balaban J connectivity index is 1.64. The molecule has 0 fully saturated rings. The molecule has 3 rings (SSSR count). The first-order valence-electron chi connectivity index (χ1n) is 9.18. The van der Waals surface area contributed by atoms with E-state index in [-0.39, 0.29) is 23.7 Å². The van der Waals surface area contributed by atoms with Crippen molar-refractivity contribution in [2.45, 2.75) is 50.7 Å². The molecule has 0 spiro atoms. The molecule has 0 saturated heterocycles. The summed E-state index contributed by atoms with van der Waals surface area (Å²) in [5.74, 6) is 0. The molecule has 2 atom stereocenters. The highest BCUT2D eigenvalue weighted by atomic mass is 32.2. The molecule has 0 amide bonds. The van der Waals surface area contributed by atoms with Crippen LogP contribution in [-0.4, -0.2) is 27.2 Å². The van der Waals surface area contributed by atoms with Crippen LogP contribution < -0.4 is 0 Å². The average Bonchev–Trinajstić information content (AvgIpc) is 2.60. The van der Waals surface area contributed by atoms with E-state index in [1.165, 1.54) is 5.56 Å². The Kier molecular flexibility index (Phi) is 6.15. The highest BCUT2D eigenvalue weighted by Gasteiger charge is 2.25. The zero-order chi connectivity index (χ0) is 19.4. The molecule has 27 heavy (non-hydrogen) atoms. The minimum Gasteiger partial charge on any atom is -0.368 e. The molecule has 4 nitrogen and oxygen atoms in total. The van der Waals surface area contributed by atoms with Gasteiger partial charge in [-0.3, -0.25) is 4.18 Å². The molecule has 0 unspecified atom stereocenters. The molecule has 1 heterocycles. The molecule has 5 heteroatoms. The monoisotopic (exact) mass is 386 g/mol. The van der Waals surface area contributed by atoms with Crippen LogP contribution in [0.3, 0.4) is 0 Å². The Labute approximate surface area is 162 Å². The van der Waals surface area contributed by atoms with Crippen molar-refractivity contribution in [1.29, 1.82) is 0 Å². The molecule has 1 aliphatic rings. The number of aryl methyl sites for hydroxylation is 3. The molecule has 0 aromatic heterocycles. The maximum atomic E-state index is 12.7. The lowest BCUT2D eigenvalue weighted by molar-refractivity contribution is -0.0136. The Morgan fingerprint density at radius 2 is 1.74 bits per heavy atom. The Bertz CT molecular complexity index is 894. The minimum atomic E-state index is -3.83. The fourth-order valence-electron chi connectivity index (χ4n) is 3.61. The molecule has 0 saturated carbocycles. The lowest BCUT2D eigenvalue weighted by Crippen LogP contribution is -2.30. The number of rotatable bonds is 6. The van der Waals surface area contributed by atoms with Crippen molar-refractivity contribution in [2.75, 3.05) is 6.61 Å². The van der Waals surface area contributed by atoms with Gasteiger partial charge < -0.3 is 4.74 Å². The van der Waals surface area contributed by atoms with Crippen molar-refractivity contribution in [1.82, 2.24) is 0 Å². The molecule has 1 aliphatic heterocycles. The van der Waals surface area contributed by atoms with Crippen molar-refractivity contribution < 1.29 is 17.3 Å². The van der Waals surface area contributed by atoms with Gasteiger partial charge in [0.05, 0.1) is 17.6 Å². The van der Waals surface area contributed by atoms with Gasteiger partial charge in [0.25, 0.3) is 10.1 Å². The summed E-state index contributed by atoms with van der Waals surface area (Å²) >= 11 is 0. The number of hydrogen-bond acceptors (Lipinski definition) is 4. The van der Waals surface area contributed by atoms with Crippen molar-refractivity contribution in [3.8, 4) is 0 Å². The molecule has 144 valence electrons. The van der Waals surface area contributed by atoms with Crippen molar-refractivity contribution >= 4 is 10.1 Å². The summed E-state index contributed by atoms with van der Waals surface area (Å²) < 4.78 is 36.8. The van der Waals surface area contributed by atoms with Gasteiger partial charge in [0, 0.05) is 0 Å². The van der Waals surface area contributed by atoms with Crippen LogP contribution in [0, 0.1) is 20.8 Å². The zero-order valence-corrected chi connectivity index (χ0v) is 16.8. The summed E-state index contributed by atoms with van der Waals surface area (Å²) in [6.45, 7) is 5.52. The quantitative estimate of drug-likeness (QED) is 0.549. The third-order valence-electron chi connectivity index (χ3n) is 4.67. The Morgan fingerprint density at radius 3 is 2.41 bits per heavy atom. The minimum absolute atomic E-state index is 0.0170. The summed E-state index contributed by atoms with van der Waals surface area (Å²) in [5.41, 5.74) is 3.64. The largest absolute Gasteiger partial charge is 0.368 e. The Morgan fingerprint density at radius 1 is 1.07 bits per heavy atom. The Hall–Kier alpha value is -1.95. The van der Waals surface area contributed by atoms with Crippen LogP contribution in [-0.2, 0) is 25.5 Å². The second kappa shape index (κ2) is 8.38. The third-order valence-corrected chi connectivity index (χ3v) is 6.26. The lowest BCUT2D eigenvalue weighted by atomic mass is 10.0. The van der Waals surface area contributed by atoms with Gasteiger partial charge >= 0.3 is 0 Å². The topological polar surface area (TPSA) is 52.6 Å². The summed E-state index contributed by atoms with van der Waals surface area (Å²) in [6, 6.07) is 13.9. The maximum Gasteiger partial charge on any atom is 0.297 e. The van der Waals surface area contributed by atoms with E-state index < -0.39 is 10.1 Å². The van der Waals surface area contributed by atoms with E-state index >= 15 is 0 Å². The lowest BCUT2D eigenvalue weighted by Gasteiger charge is -2.26. The van der Waals surface area contributed by atoms with Gasteiger partial charge in [-0.25, -0.2) is 0 Å². The van der Waals surface area contributed by atoms with Crippen molar-refractivity contribution in [3.05, 3.63) is 76.9 Å². The van der Waals surface area contributed by atoms with Crippen LogP contribution in [0.15, 0.2) is 59.5 Å².